The fraction of sp³-hybridized carbons (Fsp3) is 0.550. The lowest BCUT2D eigenvalue weighted by molar-refractivity contribution is -0.127. The van der Waals surface area contributed by atoms with Crippen molar-refractivity contribution in [1.82, 2.24) is 24.4 Å². The van der Waals surface area contributed by atoms with Gasteiger partial charge in [0.1, 0.15) is 22.7 Å². The summed E-state index contributed by atoms with van der Waals surface area (Å²) in [7, 11) is 2.13. The first-order chi connectivity index (χ1) is 13.3. The highest BCUT2D eigenvalue weighted by Gasteiger charge is 2.51. The summed E-state index contributed by atoms with van der Waals surface area (Å²) in [4.78, 5) is 28.9. The first kappa shape index (κ1) is 17.9. The number of amides is 1. The van der Waals surface area contributed by atoms with E-state index in [2.05, 4.69) is 36.2 Å². The Morgan fingerprint density at radius 3 is 2.82 bits per heavy atom. The number of nitrogens with one attached hydrogen (secondary N) is 1. The second-order valence-electron chi connectivity index (χ2n) is 8.87. The predicted octanol–water partition coefficient (Wildman–Crippen LogP) is 2.04. The summed E-state index contributed by atoms with van der Waals surface area (Å²) < 4.78 is 3.28. The molecule has 2 fully saturated rings. The molecule has 7 nitrogen and oxygen atoms in total. The molecule has 1 spiro atoms. The summed E-state index contributed by atoms with van der Waals surface area (Å²) in [5, 5.41) is 10.7. The van der Waals surface area contributed by atoms with Crippen molar-refractivity contribution in [3.8, 4) is 0 Å². The Morgan fingerprint density at radius 2 is 2.14 bits per heavy atom. The molecule has 0 bridgehead atoms. The van der Waals surface area contributed by atoms with Gasteiger partial charge in [-0.1, -0.05) is 13.8 Å². The van der Waals surface area contributed by atoms with Gasteiger partial charge in [-0.3, -0.25) is 14.0 Å². The largest absolute Gasteiger partial charge is 0.352 e. The Hall–Kier alpha value is -2.19. The third kappa shape index (κ3) is 2.69. The minimum absolute atomic E-state index is 0.0305. The van der Waals surface area contributed by atoms with Crippen LogP contribution < -0.4 is 10.9 Å². The summed E-state index contributed by atoms with van der Waals surface area (Å²) in [5.74, 6) is 0.812. The molecule has 8 heteroatoms. The van der Waals surface area contributed by atoms with Crippen molar-refractivity contribution >= 4 is 33.0 Å². The molecule has 1 saturated carbocycles. The van der Waals surface area contributed by atoms with Gasteiger partial charge in [-0.2, -0.15) is 5.10 Å². The molecule has 3 aromatic heterocycles. The molecule has 28 heavy (non-hydrogen) atoms. The monoisotopic (exact) mass is 399 g/mol. The predicted molar refractivity (Wildman–Crippen MR) is 110 cm³/mol. The smallest absolute Gasteiger partial charge is 0.291 e. The number of hydrogen-bond acceptors (Lipinski definition) is 5. The maximum atomic E-state index is 13.0. The van der Waals surface area contributed by atoms with Crippen LogP contribution in [-0.4, -0.2) is 51.2 Å². The number of thiophene rings is 1. The van der Waals surface area contributed by atoms with Gasteiger partial charge in [0.25, 0.3) is 5.56 Å². The minimum atomic E-state index is -0.214. The van der Waals surface area contributed by atoms with Crippen LogP contribution in [0.3, 0.4) is 0 Å². The van der Waals surface area contributed by atoms with Gasteiger partial charge in [-0.15, -0.1) is 11.3 Å². The highest BCUT2D eigenvalue weighted by molar-refractivity contribution is 7.16. The van der Waals surface area contributed by atoms with Crippen molar-refractivity contribution in [3.63, 3.8) is 0 Å². The van der Waals surface area contributed by atoms with Gasteiger partial charge >= 0.3 is 0 Å². The molecular formula is C20H25N5O2S. The first-order valence-electron chi connectivity index (χ1n) is 9.83. The number of nitrogens with zero attached hydrogens (tertiary/aromatic N) is 4. The average molecular weight is 400 g/mol. The molecule has 1 saturated heterocycles. The molecule has 3 aromatic rings. The Balaban J connectivity index is 1.39. The fourth-order valence-electron chi connectivity index (χ4n) is 4.99. The van der Waals surface area contributed by atoms with Crippen LogP contribution in [0.5, 0.6) is 0 Å². The highest BCUT2D eigenvalue weighted by atomic mass is 32.1. The van der Waals surface area contributed by atoms with Crippen LogP contribution >= 0.6 is 11.3 Å². The van der Waals surface area contributed by atoms with Crippen LogP contribution in [-0.2, 0) is 11.3 Å². The van der Waals surface area contributed by atoms with E-state index in [-0.39, 0.29) is 30.0 Å². The summed E-state index contributed by atoms with van der Waals surface area (Å²) >= 11 is 1.60. The van der Waals surface area contributed by atoms with E-state index in [9.17, 15) is 9.59 Å². The number of hydrogen-bond donors (Lipinski definition) is 1. The molecule has 1 aliphatic carbocycles. The summed E-state index contributed by atoms with van der Waals surface area (Å²) in [6, 6.07) is 4.14. The lowest BCUT2D eigenvalue weighted by Gasteiger charge is -2.58. The Morgan fingerprint density at radius 1 is 1.39 bits per heavy atom. The zero-order valence-corrected chi connectivity index (χ0v) is 17.3. The van der Waals surface area contributed by atoms with E-state index in [1.165, 1.54) is 4.68 Å². The normalized spacial score (nSPS) is 19.4. The van der Waals surface area contributed by atoms with Crippen LogP contribution in [0.2, 0.25) is 0 Å². The molecular weight excluding hydrogens is 374 g/mol. The second kappa shape index (κ2) is 6.15. The van der Waals surface area contributed by atoms with Crippen molar-refractivity contribution in [1.29, 1.82) is 0 Å². The van der Waals surface area contributed by atoms with Crippen LogP contribution in [0.4, 0.5) is 0 Å². The maximum Gasteiger partial charge on any atom is 0.291 e. The minimum Gasteiger partial charge on any atom is -0.352 e. The molecule has 148 valence electrons. The number of fused-ring (bicyclic) bond motifs is 3. The van der Waals surface area contributed by atoms with Crippen LogP contribution in [0.1, 0.15) is 38.4 Å². The van der Waals surface area contributed by atoms with E-state index in [4.69, 9.17) is 0 Å². The number of carbonyl (C=O) groups is 1. The number of carbonyl (C=O) groups excluding carboxylic acids is 1. The highest BCUT2D eigenvalue weighted by Crippen LogP contribution is 2.47. The lowest BCUT2D eigenvalue weighted by Crippen LogP contribution is -2.65. The lowest BCUT2D eigenvalue weighted by atomic mass is 9.61. The number of aromatic nitrogens is 3. The van der Waals surface area contributed by atoms with Gasteiger partial charge in [-0.25, -0.2) is 4.68 Å². The van der Waals surface area contributed by atoms with E-state index in [0.717, 1.165) is 42.0 Å². The molecule has 4 heterocycles. The molecule has 5 rings (SSSR count). The Kier molecular flexibility index (Phi) is 3.93. The van der Waals surface area contributed by atoms with Crippen LogP contribution in [0.25, 0.3) is 15.7 Å². The zero-order valence-electron chi connectivity index (χ0n) is 16.4. The van der Waals surface area contributed by atoms with Gasteiger partial charge in [0, 0.05) is 30.4 Å². The molecule has 1 N–H and O–H groups in total. The van der Waals surface area contributed by atoms with Gasteiger partial charge in [0.15, 0.2) is 0 Å². The van der Waals surface area contributed by atoms with Gasteiger partial charge in [0.05, 0.1) is 0 Å². The summed E-state index contributed by atoms with van der Waals surface area (Å²) in [6.07, 6.45) is 2.08. The van der Waals surface area contributed by atoms with E-state index in [0.29, 0.717) is 10.9 Å². The van der Waals surface area contributed by atoms with Crippen molar-refractivity contribution in [2.75, 3.05) is 20.1 Å². The first-order valence-corrected chi connectivity index (χ1v) is 10.7. The van der Waals surface area contributed by atoms with Crippen molar-refractivity contribution < 1.29 is 4.79 Å². The quantitative estimate of drug-likeness (QED) is 0.729. The molecule has 0 atom stereocenters. The summed E-state index contributed by atoms with van der Waals surface area (Å²) in [5.41, 5.74) is 0.797. The summed E-state index contributed by atoms with van der Waals surface area (Å²) in [6.45, 7) is 6.33. The van der Waals surface area contributed by atoms with Gasteiger partial charge in [-0.05, 0) is 42.8 Å². The zero-order chi connectivity index (χ0) is 19.6. The van der Waals surface area contributed by atoms with Crippen molar-refractivity contribution in [2.45, 2.75) is 45.2 Å². The second-order valence-corrected chi connectivity index (χ2v) is 9.76. The maximum absolute atomic E-state index is 13.0. The molecule has 0 unspecified atom stereocenters. The van der Waals surface area contributed by atoms with Crippen molar-refractivity contribution in [2.24, 2.45) is 5.41 Å². The molecule has 1 amide bonds. The molecule has 2 aliphatic rings. The Bertz CT molecular complexity index is 1130. The molecule has 0 radical (unpaired) electrons. The molecule has 1 aliphatic heterocycles. The van der Waals surface area contributed by atoms with E-state index < -0.39 is 0 Å². The Labute approximate surface area is 166 Å². The number of rotatable bonds is 4. The van der Waals surface area contributed by atoms with Crippen molar-refractivity contribution in [3.05, 3.63) is 33.7 Å². The van der Waals surface area contributed by atoms with E-state index in [1.807, 2.05) is 21.9 Å². The van der Waals surface area contributed by atoms with Crippen LogP contribution in [0, 0.1) is 5.41 Å². The fourth-order valence-corrected chi connectivity index (χ4v) is 5.89. The third-order valence-corrected chi connectivity index (χ3v) is 6.97. The number of likely N-dealkylation sites (tertiary alicyclic amines) is 1. The van der Waals surface area contributed by atoms with Gasteiger partial charge < -0.3 is 10.2 Å². The van der Waals surface area contributed by atoms with Gasteiger partial charge in [0.2, 0.25) is 5.91 Å². The SMILES string of the molecule is CC(C)c1nn(CC(=O)NC2CC3(C2)CN(C)C3)c(=O)c2cc3ccsc3n12. The van der Waals surface area contributed by atoms with Crippen LogP contribution in [0.15, 0.2) is 22.3 Å². The van der Waals surface area contributed by atoms with E-state index >= 15 is 0 Å². The topological polar surface area (TPSA) is 71.6 Å². The third-order valence-electron chi connectivity index (χ3n) is 6.06. The average Bonchev–Trinajstić information content (AvgIpc) is 3.15. The molecule has 0 aromatic carbocycles. The standard InChI is InChI=1S/C20H25N5O2S/c1-12(2)17-22-24(18(27)15-6-13-4-5-28-19(13)25(15)17)9-16(26)21-14-7-20(8-14)10-23(3)11-20/h4-6,12,14H,7-11H2,1-3H3,(H,21,26). The van der Waals surface area contributed by atoms with E-state index in [1.54, 1.807) is 11.3 Å².